The Kier molecular flexibility index (Phi) is 4.85. The monoisotopic (exact) mass is 349 g/mol. The Hall–Kier alpha value is -2.75. The van der Waals surface area contributed by atoms with E-state index < -0.39 is 12.0 Å². The zero-order chi connectivity index (χ0) is 16.9. The molecule has 2 heterocycles. The number of aromatic amines is 1. The number of hydrogen-bond donors (Lipinski definition) is 3. The van der Waals surface area contributed by atoms with Crippen molar-refractivity contribution in [1.29, 1.82) is 0 Å². The van der Waals surface area contributed by atoms with Gasteiger partial charge in [-0.3, -0.25) is 25.5 Å². The van der Waals surface area contributed by atoms with Gasteiger partial charge in [0.1, 0.15) is 12.4 Å². The highest BCUT2D eigenvalue weighted by Crippen LogP contribution is 2.30. The van der Waals surface area contributed by atoms with Gasteiger partial charge in [0.2, 0.25) is 17.2 Å². The number of carbonyl (C=O) groups is 2. The van der Waals surface area contributed by atoms with Gasteiger partial charge in [0, 0.05) is 0 Å². The number of benzene rings is 1. The summed E-state index contributed by atoms with van der Waals surface area (Å²) < 4.78 is 11.0. The van der Waals surface area contributed by atoms with Crippen LogP contribution in [0.3, 0.4) is 0 Å². The van der Waals surface area contributed by atoms with E-state index in [-0.39, 0.29) is 18.3 Å². The van der Waals surface area contributed by atoms with E-state index in [9.17, 15) is 9.59 Å². The molecular weight excluding hydrogens is 334 g/mol. The third-order valence-corrected chi connectivity index (χ3v) is 3.88. The summed E-state index contributed by atoms with van der Waals surface area (Å²) >= 11 is 1.15. The minimum Gasteiger partial charge on any atom is -0.485 e. The van der Waals surface area contributed by atoms with Crippen molar-refractivity contribution in [1.82, 2.24) is 26.0 Å². The van der Waals surface area contributed by atoms with E-state index in [1.807, 2.05) is 6.07 Å². The lowest BCUT2D eigenvalue weighted by molar-refractivity contribution is -0.134. The van der Waals surface area contributed by atoms with Crippen molar-refractivity contribution >= 4 is 23.6 Å². The molecule has 0 aliphatic carbocycles. The number of ether oxygens (including phenoxy) is 2. The van der Waals surface area contributed by atoms with Crippen LogP contribution >= 0.6 is 11.8 Å². The van der Waals surface area contributed by atoms with Gasteiger partial charge in [-0.25, -0.2) is 4.98 Å². The number of hydrogen-bond acceptors (Lipinski definition) is 7. The fourth-order valence-corrected chi connectivity index (χ4v) is 2.56. The Morgan fingerprint density at radius 3 is 2.88 bits per heavy atom. The van der Waals surface area contributed by atoms with Gasteiger partial charge in [-0.2, -0.15) is 0 Å². The number of H-pyrrole nitrogens is 1. The summed E-state index contributed by atoms with van der Waals surface area (Å²) in [6, 6.07) is 7.07. The number of nitrogens with one attached hydrogen (secondary N) is 3. The number of rotatable bonds is 4. The number of nitrogens with zero attached hydrogens (tertiary/aromatic N) is 2. The molecule has 3 rings (SSSR count). The van der Waals surface area contributed by atoms with E-state index in [1.165, 1.54) is 0 Å². The first-order valence-electron chi connectivity index (χ1n) is 7.11. The molecule has 1 atom stereocenters. The van der Waals surface area contributed by atoms with Gasteiger partial charge < -0.3 is 9.47 Å². The quantitative estimate of drug-likeness (QED) is 0.533. The Morgan fingerprint density at radius 1 is 1.33 bits per heavy atom. The average Bonchev–Trinajstić information content (AvgIpc) is 3.02. The predicted molar refractivity (Wildman–Crippen MR) is 84.5 cm³/mol. The zero-order valence-corrected chi connectivity index (χ0v) is 13.6. The third-order valence-electron chi connectivity index (χ3n) is 3.04. The molecule has 0 bridgehead atoms. The molecule has 9 nitrogen and oxygen atoms in total. The molecular formula is C14H15N5O4S. The maximum Gasteiger partial charge on any atom is 0.283 e. The number of carbonyl (C=O) groups excluding carboxylic acids is 2. The fourth-order valence-electron chi connectivity index (χ4n) is 1.91. The molecule has 1 aromatic carbocycles. The van der Waals surface area contributed by atoms with Crippen LogP contribution in [0.1, 0.15) is 5.82 Å². The van der Waals surface area contributed by atoms with Gasteiger partial charge in [-0.05, 0) is 19.1 Å². The predicted octanol–water partition coefficient (Wildman–Crippen LogP) is 0.193. The van der Waals surface area contributed by atoms with Gasteiger partial charge in [0.05, 0.1) is 5.75 Å². The number of fused-ring (bicyclic) bond motifs is 1. The molecule has 2 amide bonds. The maximum atomic E-state index is 12.0. The van der Waals surface area contributed by atoms with E-state index in [0.717, 1.165) is 11.8 Å². The lowest BCUT2D eigenvalue weighted by Crippen LogP contribution is -2.51. The number of thioether (sulfide) groups is 1. The lowest BCUT2D eigenvalue weighted by Gasteiger charge is -2.25. The first kappa shape index (κ1) is 16.1. The topological polar surface area (TPSA) is 118 Å². The summed E-state index contributed by atoms with van der Waals surface area (Å²) in [5.74, 6) is 0.947. The summed E-state index contributed by atoms with van der Waals surface area (Å²) in [6.07, 6.45) is -0.830. The Balaban J connectivity index is 1.43. The van der Waals surface area contributed by atoms with Gasteiger partial charge in [0.25, 0.3) is 5.91 Å². The van der Waals surface area contributed by atoms with Crippen LogP contribution in [-0.2, 0) is 9.59 Å². The summed E-state index contributed by atoms with van der Waals surface area (Å²) in [7, 11) is 0. The van der Waals surface area contributed by atoms with Crippen molar-refractivity contribution in [2.45, 2.75) is 18.2 Å². The normalized spacial score (nSPS) is 15.6. The zero-order valence-electron chi connectivity index (χ0n) is 12.7. The smallest absolute Gasteiger partial charge is 0.283 e. The van der Waals surface area contributed by atoms with Crippen LogP contribution < -0.4 is 20.3 Å². The van der Waals surface area contributed by atoms with Crippen molar-refractivity contribution in [3.63, 3.8) is 0 Å². The van der Waals surface area contributed by atoms with E-state index in [1.54, 1.807) is 25.1 Å². The molecule has 10 heteroatoms. The largest absolute Gasteiger partial charge is 0.485 e. The summed E-state index contributed by atoms with van der Waals surface area (Å²) in [5, 5.41) is 7.05. The van der Waals surface area contributed by atoms with Crippen LogP contribution in [0.25, 0.3) is 0 Å². The molecule has 1 aliphatic heterocycles. The minimum atomic E-state index is -0.830. The molecule has 0 fully saturated rings. The number of hydrazine groups is 1. The molecule has 0 saturated heterocycles. The fraction of sp³-hybridized carbons (Fsp3) is 0.286. The van der Waals surface area contributed by atoms with Crippen LogP contribution in [0.4, 0.5) is 0 Å². The van der Waals surface area contributed by atoms with Gasteiger partial charge in [0.15, 0.2) is 11.5 Å². The molecule has 1 unspecified atom stereocenters. The minimum absolute atomic E-state index is 0.0719. The van der Waals surface area contributed by atoms with E-state index in [0.29, 0.717) is 22.5 Å². The highest BCUT2D eigenvalue weighted by atomic mass is 32.2. The van der Waals surface area contributed by atoms with Crippen LogP contribution in [0.2, 0.25) is 0 Å². The van der Waals surface area contributed by atoms with Crippen molar-refractivity contribution in [3.05, 3.63) is 30.1 Å². The van der Waals surface area contributed by atoms with Crippen molar-refractivity contribution in [2.24, 2.45) is 0 Å². The number of aromatic nitrogens is 3. The van der Waals surface area contributed by atoms with Crippen LogP contribution in [0, 0.1) is 6.92 Å². The van der Waals surface area contributed by atoms with Gasteiger partial charge >= 0.3 is 0 Å². The Morgan fingerprint density at radius 2 is 2.12 bits per heavy atom. The summed E-state index contributed by atoms with van der Waals surface area (Å²) in [4.78, 5) is 27.8. The lowest BCUT2D eigenvalue weighted by atomic mass is 10.2. The van der Waals surface area contributed by atoms with Crippen LogP contribution in [-0.4, -0.2) is 45.5 Å². The molecule has 1 aromatic heterocycles. The molecule has 126 valence electrons. The van der Waals surface area contributed by atoms with Gasteiger partial charge in [-0.15, -0.1) is 5.10 Å². The highest BCUT2D eigenvalue weighted by molar-refractivity contribution is 7.99. The molecule has 2 aromatic rings. The second kappa shape index (κ2) is 7.21. The number of para-hydroxylation sites is 2. The Labute approximate surface area is 141 Å². The first-order valence-corrected chi connectivity index (χ1v) is 8.09. The molecule has 0 radical (unpaired) electrons. The van der Waals surface area contributed by atoms with Crippen LogP contribution in [0.5, 0.6) is 11.5 Å². The second-order valence-electron chi connectivity index (χ2n) is 4.89. The van der Waals surface area contributed by atoms with Gasteiger partial charge in [-0.1, -0.05) is 23.9 Å². The van der Waals surface area contributed by atoms with Crippen molar-refractivity contribution in [3.8, 4) is 11.5 Å². The van der Waals surface area contributed by atoms with E-state index >= 15 is 0 Å². The first-order chi connectivity index (χ1) is 11.6. The SMILES string of the molecule is Cc1nc(SCC(=O)NNC(=O)C2COc3ccccc3O2)n[nH]1. The third kappa shape index (κ3) is 3.96. The summed E-state index contributed by atoms with van der Waals surface area (Å²) in [5.41, 5.74) is 4.64. The Bertz CT molecular complexity index is 750. The molecule has 24 heavy (non-hydrogen) atoms. The molecule has 1 aliphatic rings. The maximum absolute atomic E-state index is 12.0. The van der Waals surface area contributed by atoms with E-state index in [4.69, 9.17) is 9.47 Å². The number of aryl methyl sites for hydroxylation is 1. The molecule has 0 saturated carbocycles. The number of amides is 2. The summed E-state index contributed by atoms with van der Waals surface area (Å²) in [6.45, 7) is 1.84. The van der Waals surface area contributed by atoms with E-state index in [2.05, 4.69) is 26.0 Å². The highest BCUT2D eigenvalue weighted by Gasteiger charge is 2.27. The second-order valence-corrected chi connectivity index (χ2v) is 5.84. The molecule has 3 N–H and O–H groups in total. The van der Waals surface area contributed by atoms with Crippen molar-refractivity contribution < 1.29 is 19.1 Å². The van der Waals surface area contributed by atoms with Crippen LogP contribution in [0.15, 0.2) is 29.4 Å². The molecule has 0 spiro atoms. The standard InChI is InChI=1S/C14H15N5O4S/c1-8-15-14(19-16-8)24-7-12(20)17-18-13(21)11-6-22-9-4-2-3-5-10(9)23-11/h2-5,11H,6-7H2,1H3,(H,17,20)(H,18,21)(H,15,16,19). The average molecular weight is 349 g/mol. The van der Waals surface area contributed by atoms with Crippen molar-refractivity contribution in [2.75, 3.05) is 12.4 Å².